The second kappa shape index (κ2) is 6.19. The Kier molecular flexibility index (Phi) is 3.89. The van der Waals surface area contributed by atoms with Crippen LogP contribution in [0.1, 0.15) is 6.42 Å². The number of halogens is 3. The minimum absolute atomic E-state index is 0.111. The third-order valence-electron chi connectivity index (χ3n) is 5.36. The fraction of sp³-hybridized carbons (Fsp3) is 0.263. The van der Waals surface area contributed by atoms with Crippen molar-refractivity contribution in [1.29, 1.82) is 0 Å². The maximum Gasteiger partial charge on any atom is 0.166 e. The first-order valence-electron chi connectivity index (χ1n) is 8.70. The van der Waals surface area contributed by atoms with E-state index >= 15 is 0 Å². The minimum atomic E-state index is -0.604. The number of benzene rings is 2. The molecular weight excluding hydrogens is 388 g/mol. The number of anilines is 3. The van der Waals surface area contributed by atoms with Crippen molar-refractivity contribution in [3.05, 3.63) is 52.5 Å². The largest absolute Gasteiger partial charge is 0.368 e. The van der Waals surface area contributed by atoms with E-state index in [1.807, 2.05) is 12.1 Å². The van der Waals surface area contributed by atoms with Crippen LogP contribution in [-0.2, 0) is 0 Å². The molecule has 5 nitrogen and oxygen atoms in total. The SMILES string of the molecule is Fc1c(Nc2ncnc3ccc(N4CC5(CCN5)C4)cc23)ccc(Cl)c1Cl. The average Bonchev–Trinajstić information content (AvgIpc) is 2.60. The quantitative estimate of drug-likeness (QED) is 0.635. The summed E-state index contributed by atoms with van der Waals surface area (Å²) in [7, 11) is 0. The predicted octanol–water partition coefficient (Wildman–Crippen LogP) is 4.37. The molecule has 3 aromatic rings. The first-order chi connectivity index (χ1) is 13.0. The van der Waals surface area contributed by atoms with Crippen molar-refractivity contribution in [3.63, 3.8) is 0 Å². The highest BCUT2D eigenvalue weighted by Gasteiger charge is 2.47. The highest BCUT2D eigenvalue weighted by atomic mass is 35.5. The number of nitrogens with one attached hydrogen (secondary N) is 2. The molecule has 2 aliphatic rings. The number of hydrogen-bond acceptors (Lipinski definition) is 5. The molecule has 5 rings (SSSR count). The number of rotatable bonds is 3. The Morgan fingerprint density at radius 2 is 1.96 bits per heavy atom. The predicted molar refractivity (Wildman–Crippen MR) is 107 cm³/mol. The normalized spacial score (nSPS) is 17.7. The van der Waals surface area contributed by atoms with E-state index in [0.29, 0.717) is 11.4 Å². The van der Waals surface area contributed by atoms with Crippen LogP contribution in [0, 0.1) is 5.82 Å². The van der Waals surface area contributed by atoms with Crippen molar-refractivity contribution in [2.45, 2.75) is 12.0 Å². The van der Waals surface area contributed by atoms with Crippen molar-refractivity contribution in [3.8, 4) is 0 Å². The van der Waals surface area contributed by atoms with E-state index in [9.17, 15) is 4.39 Å². The zero-order chi connectivity index (χ0) is 18.6. The number of aromatic nitrogens is 2. The highest BCUT2D eigenvalue weighted by molar-refractivity contribution is 6.42. The molecule has 2 saturated heterocycles. The molecule has 0 atom stereocenters. The zero-order valence-electron chi connectivity index (χ0n) is 14.3. The summed E-state index contributed by atoms with van der Waals surface area (Å²) in [5.41, 5.74) is 2.41. The molecule has 2 aromatic carbocycles. The van der Waals surface area contributed by atoms with Crippen LogP contribution in [0.2, 0.25) is 10.0 Å². The number of nitrogens with zero attached hydrogens (tertiary/aromatic N) is 3. The molecule has 0 unspecified atom stereocenters. The lowest BCUT2D eigenvalue weighted by atomic mass is 9.80. The first kappa shape index (κ1) is 17.0. The summed E-state index contributed by atoms with van der Waals surface area (Å²) in [6.45, 7) is 3.09. The molecule has 8 heteroatoms. The average molecular weight is 404 g/mol. The Hall–Kier alpha value is -2.15. The summed E-state index contributed by atoms with van der Waals surface area (Å²) in [6, 6.07) is 9.16. The Morgan fingerprint density at radius 1 is 1.15 bits per heavy atom. The molecule has 0 amide bonds. The van der Waals surface area contributed by atoms with Gasteiger partial charge in [0.15, 0.2) is 5.82 Å². The highest BCUT2D eigenvalue weighted by Crippen LogP contribution is 2.37. The van der Waals surface area contributed by atoms with E-state index in [4.69, 9.17) is 23.2 Å². The summed E-state index contributed by atoms with van der Waals surface area (Å²) >= 11 is 11.8. The number of fused-ring (bicyclic) bond motifs is 1. The van der Waals surface area contributed by atoms with Crippen molar-refractivity contribution in [2.75, 3.05) is 29.9 Å². The van der Waals surface area contributed by atoms with Crippen LogP contribution in [-0.4, -0.2) is 35.1 Å². The maximum atomic E-state index is 14.4. The van der Waals surface area contributed by atoms with E-state index in [1.165, 1.54) is 12.7 Å². The third kappa shape index (κ3) is 2.79. The lowest BCUT2D eigenvalue weighted by molar-refractivity contribution is 0.159. The molecule has 0 saturated carbocycles. The van der Waals surface area contributed by atoms with Gasteiger partial charge in [0, 0.05) is 24.2 Å². The standard InChI is InChI=1S/C19H16Cl2FN5/c20-13-2-4-15(17(22)16(13)21)26-18-12-7-11(1-3-14(12)23-10-24-18)27-8-19(9-27)5-6-25-19/h1-4,7,10,25H,5-6,8-9H2,(H,23,24,26). The van der Waals surface area contributed by atoms with Gasteiger partial charge in [-0.1, -0.05) is 23.2 Å². The van der Waals surface area contributed by atoms with E-state index < -0.39 is 5.82 Å². The van der Waals surface area contributed by atoms with E-state index in [2.05, 4.69) is 31.6 Å². The van der Waals surface area contributed by atoms with Gasteiger partial charge in [0.05, 0.1) is 26.8 Å². The fourth-order valence-electron chi connectivity index (χ4n) is 3.71. The summed E-state index contributed by atoms with van der Waals surface area (Å²) in [4.78, 5) is 10.9. The maximum absolute atomic E-state index is 14.4. The Balaban J connectivity index is 1.49. The van der Waals surface area contributed by atoms with Crippen molar-refractivity contribution < 1.29 is 4.39 Å². The first-order valence-corrected chi connectivity index (χ1v) is 9.46. The monoisotopic (exact) mass is 403 g/mol. The molecule has 2 fully saturated rings. The molecule has 27 heavy (non-hydrogen) atoms. The van der Waals surface area contributed by atoms with Gasteiger partial charge in [0.2, 0.25) is 0 Å². The zero-order valence-corrected chi connectivity index (χ0v) is 15.8. The Labute approximate surface area is 165 Å². The molecule has 2 aliphatic heterocycles. The number of hydrogen-bond donors (Lipinski definition) is 2. The summed E-state index contributed by atoms with van der Waals surface area (Å²) < 4.78 is 14.4. The van der Waals surface area contributed by atoms with Crippen molar-refractivity contribution in [1.82, 2.24) is 15.3 Å². The van der Waals surface area contributed by atoms with Crippen LogP contribution in [0.5, 0.6) is 0 Å². The molecule has 138 valence electrons. The van der Waals surface area contributed by atoms with E-state index in [-0.39, 0.29) is 15.7 Å². The van der Waals surface area contributed by atoms with Crippen LogP contribution < -0.4 is 15.5 Å². The molecule has 0 aliphatic carbocycles. The van der Waals surface area contributed by atoms with E-state index in [0.717, 1.165) is 36.2 Å². The fourth-order valence-corrected chi connectivity index (χ4v) is 4.02. The summed E-state index contributed by atoms with van der Waals surface area (Å²) in [5.74, 6) is -0.0797. The van der Waals surface area contributed by atoms with Crippen LogP contribution in [0.25, 0.3) is 10.9 Å². The van der Waals surface area contributed by atoms with Gasteiger partial charge in [-0.25, -0.2) is 14.4 Å². The smallest absolute Gasteiger partial charge is 0.166 e. The minimum Gasteiger partial charge on any atom is -0.368 e. The molecule has 0 bridgehead atoms. The van der Waals surface area contributed by atoms with Crippen LogP contribution in [0.15, 0.2) is 36.7 Å². The Morgan fingerprint density at radius 3 is 2.70 bits per heavy atom. The van der Waals surface area contributed by atoms with Gasteiger partial charge < -0.3 is 15.5 Å². The molecule has 0 radical (unpaired) electrons. The molecular formula is C19H16Cl2FN5. The lowest BCUT2D eigenvalue weighted by Crippen LogP contribution is -2.75. The Bertz CT molecular complexity index is 1050. The molecule has 1 aromatic heterocycles. The summed E-state index contributed by atoms with van der Waals surface area (Å²) in [5, 5.41) is 7.42. The van der Waals surface area contributed by atoms with Gasteiger partial charge in [0.25, 0.3) is 0 Å². The van der Waals surface area contributed by atoms with Gasteiger partial charge >= 0.3 is 0 Å². The molecule has 3 heterocycles. The van der Waals surface area contributed by atoms with Crippen LogP contribution in [0.3, 0.4) is 0 Å². The topological polar surface area (TPSA) is 53.1 Å². The third-order valence-corrected chi connectivity index (χ3v) is 6.14. The van der Waals surface area contributed by atoms with Crippen LogP contribution in [0.4, 0.5) is 21.6 Å². The second-order valence-corrected chi connectivity index (χ2v) is 7.87. The van der Waals surface area contributed by atoms with Gasteiger partial charge in [-0.05, 0) is 43.3 Å². The lowest BCUT2D eigenvalue weighted by Gasteiger charge is -2.57. The molecule has 1 spiro atoms. The second-order valence-electron chi connectivity index (χ2n) is 7.08. The van der Waals surface area contributed by atoms with Gasteiger partial charge in [-0.3, -0.25) is 0 Å². The van der Waals surface area contributed by atoms with Gasteiger partial charge in [-0.2, -0.15) is 0 Å². The van der Waals surface area contributed by atoms with Crippen molar-refractivity contribution >= 4 is 51.3 Å². The van der Waals surface area contributed by atoms with E-state index in [1.54, 1.807) is 12.1 Å². The van der Waals surface area contributed by atoms with Gasteiger partial charge in [-0.15, -0.1) is 0 Å². The molecule has 2 N–H and O–H groups in total. The van der Waals surface area contributed by atoms with Gasteiger partial charge in [0.1, 0.15) is 12.1 Å². The summed E-state index contributed by atoms with van der Waals surface area (Å²) in [6.07, 6.45) is 2.68. The van der Waals surface area contributed by atoms with Crippen molar-refractivity contribution in [2.24, 2.45) is 0 Å². The van der Waals surface area contributed by atoms with Crippen LogP contribution >= 0.6 is 23.2 Å².